The lowest BCUT2D eigenvalue weighted by molar-refractivity contribution is 1.17. The molecule has 2 aromatic heterocycles. The summed E-state index contributed by atoms with van der Waals surface area (Å²) in [5.74, 6) is 0. The highest BCUT2D eigenvalue weighted by Crippen LogP contribution is 2.17. The molecule has 0 saturated heterocycles. The summed E-state index contributed by atoms with van der Waals surface area (Å²) >= 11 is 9.02. The minimum absolute atomic E-state index is 0.368. The van der Waals surface area contributed by atoms with Crippen molar-refractivity contribution in [2.45, 2.75) is 0 Å². The molecular weight excluding hydrogens is 265 g/mol. The smallest absolute Gasteiger partial charge is 0.148 e. The molecule has 0 fully saturated rings. The van der Waals surface area contributed by atoms with E-state index in [-0.39, 0.29) is 0 Å². The van der Waals surface area contributed by atoms with E-state index in [0.717, 1.165) is 10.2 Å². The summed E-state index contributed by atoms with van der Waals surface area (Å²) in [6.45, 7) is 0. The van der Waals surface area contributed by atoms with Crippen LogP contribution in [-0.4, -0.2) is 15.0 Å². The normalized spacial score (nSPS) is 10.1. The third-order valence-corrected chi connectivity index (χ3v) is 2.25. The molecule has 2 rings (SSSR count). The number of hydrogen-bond donors (Lipinski definition) is 0. The van der Waals surface area contributed by atoms with E-state index in [1.807, 2.05) is 12.1 Å². The Balaban J connectivity index is 2.44. The van der Waals surface area contributed by atoms with Gasteiger partial charge in [-0.3, -0.25) is 9.97 Å². The lowest BCUT2D eigenvalue weighted by atomic mass is 10.3. The van der Waals surface area contributed by atoms with Crippen molar-refractivity contribution in [2.75, 3.05) is 0 Å². The SMILES string of the molecule is Clc1cncc(-c2ccc(Br)cn2)n1. The van der Waals surface area contributed by atoms with Crippen LogP contribution in [0.4, 0.5) is 0 Å². The highest BCUT2D eigenvalue weighted by Gasteiger charge is 2.01. The number of hydrogen-bond acceptors (Lipinski definition) is 3. The molecule has 0 atom stereocenters. The second kappa shape index (κ2) is 4.02. The predicted molar refractivity (Wildman–Crippen MR) is 58.0 cm³/mol. The van der Waals surface area contributed by atoms with Crippen molar-refractivity contribution < 1.29 is 0 Å². The van der Waals surface area contributed by atoms with E-state index in [9.17, 15) is 0 Å². The molecule has 5 heteroatoms. The van der Waals surface area contributed by atoms with Crippen LogP contribution in [0.15, 0.2) is 35.2 Å². The van der Waals surface area contributed by atoms with Gasteiger partial charge in [0.25, 0.3) is 0 Å². The molecule has 0 amide bonds. The lowest BCUT2D eigenvalue weighted by Crippen LogP contribution is -1.88. The van der Waals surface area contributed by atoms with E-state index < -0.39 is 0 Å². The first-order chi connectivity index (χ1) is 6.75. The van der Waals surface area contributed by atoms with Gasteiger partial charge in [-0.15, -0.1) is 0 Å². The zero-order chi connectivity index (χ0) is 9.97. The minimum Gasteiger partial charge on any atom is -0.259 e. The van der Waals surface area contributed by atoms with Gasteiger partial charge in [0.15, 0.2) is 0 Å². The average molecular weight is 271 g/mol. The highest BCUT2D eigenvalue weighted by molar-refractivity contribution is 9.10. The summed E-state index contributed by atoms with van der Waals surface area (Å²) in [6, 6.07) is 3.75. The Morgan fingerprint density at radius 3 is 2.57 bits per heavy atom. The van der Waals surface area contributed by atoms with Gasteiger partial charge >= 0.3 is 0 Å². The quantitative estimate of drug-likeness (QED) is 0.800. The van der Waals surface area contributed by atoms with Gasteiger partial charge in [-0.25, -0.2) is 4.98 Å². The van der Waals surface area contributed by atoms with Gasteiger partial charge in [0.1, 0.15) is 10.8 Å². The van der Waals surface area contributed by atoms with E-state index in [1.54, 1.807) is 12.4 Å². The number of nitrogens with zero attached hydrogens (tertiary/aromatic N) is 3. The van der Waals surface area contributed by atoms with Crippen LogP contribution in [-0.2, 0) is 0 Å². The Kier molecular flexibility index (Phi) is 2.74. The minimum atomic E-state index is 0.368. The van der Waals surface area contributed by atoms with Crippen LogP contribution in [0.5, 0.6) is 0 Å². The fraction of sp³-hybridized carbons (Fsp3) is 0. The van der Waals surface area contributed by atoms with Crippen molar-refractivity contribution >= 4 is 27.5 Å². The highest BCUT2D eigenvalue weighted by atomic mass is 79.9. The van der Waals surface area contributed by atoms with Crippen LogP contribution >= 0.6 is 27.5 Å². The molecule has 0 aliphatic heterocycles. The van der Waals surface area contributed by atoms with Gasteiger partial charge in [0.05, 0.1) is 18.1 Å². The Morgan fingerprint density at radius 2 is 1.93 bits per heavy atom. The van der Waals surface area contributed by atoms with Crippen LogP contribution in [0, 0.1) is 0 Å². The third kappa shape index (κ3) is 2.08. The van der Waals surface area contributed by atoms with Crippen LogP contribution < -0.4 is 0 Å². The topological polar surface area (TPSA) is 38.7 Å². The van der Waals surface area contributed by atoms with Gasteiger partial charge < -0.3 is 0 Å². The predicted octanol–water partition coefficient (Wildman–Crippen LogP) is 2.95. The summed E-state index contributed by atoms with van der Waals surface area (Å²) in [5, 5.41) is 0.368. The summed E-state index contributed by atoms with van der Waals surface area (Å²) in [4.78, 5) is 12.2. The van der Waals surface area contributed by atoms with E-state index >= 15 is 0 Å². The maximum absolute atomic E-state index is 5.72. The number of aromatic nitrogens is 3. The molecule has 0 aliphatic rings. The zero-order valence-corrected chi connectivity index (χ0v) is 9.33. The first kappa shape index (κ1) is 9.55. The molecular formula is C9H5BrClN3. The van der Waals surface area contributed by atoms with Crippen molar-refractivity contribution in [2.24, 2.45) is 0 Å². The molecule has 0 aromatic carbocycles. The fourth-order valence-corrected chi connectivity index (χ4v) is 1.37. The third-order valence-electron chi connectivity index (χ3n) is 1.59. The monoisotopic (exact) mass is 269 g/mol. The largest absolute Gasteiger partial charge is 0.259 e. The molecule has 0 saturated carbocycles. The van der Waals surface area contributed by atoms with Crippen LogP contribution in [0.3, 0.4) is 0 Å². The first-order valence-electron chi connectivity index (χ1n) is 3.85. The van der Waals surface area contributed by atoms with Crippen molar-refractivity contribution in [3.8, 4) is 11.4 Å². The van der Waals surface area contributed by atoms with Crippen molar-refractivity contribution in [1.82, 2.24) is 15.0 Å². The molecule has 0 radical (unpaired) electrons. The maximum Gasteiger partial charge on any atom is 0.148 e. The molecule has 0 bridgehead atoms. The van der Waals surface area contributed by atoms with Gasteiger partial charge in [0.2, 0.25) is 0 Å². The summed E-state index contributed by atoms with van der Waals surface area (Å²) < 4.78 is 0.927. The van der Waals surface area contributed by atoms with Crippen LogP contribution in [0.1, 0.15) is 0 Å². The molecule has 0 unspecified atom stereocenters. The molecule has 70 valence electrons. The van der Waals surface area contributed by atoms with E-state index in [0.29, 0.717) is 10.8 Å². The molecule has 0 spiro atoms. The van der Waals surface area contributed by atoms with E-state index in [1.165, 1.54) is 6.20 Å². The second-order valence-electron chi connectivity index (χ2n) is 2.59. The Bertz CT molecular complexity index is 444. The van der Waals surface area contributed by atoms with Gasteiger partial charge in [-0.1, -0.05) is 11.6 Å². The first-order valence-corrected chi connectivity index (χ1v) is 5.02. The van der Waals surface area contributed by atoms with Crippen LogP contribution in [0.25, 0.3) is 11.4 Å². The van der Waals surface area contributed by atoms with E-state index in [4.69, 9.17) is 11.6 Å². The Labute approximate surface area is 94.3 Å². The molecule has 14 heavy (non-hydrogen) atoms. The van der Waals surface area contributed by atoms with Gasteiger partial charge in [-0.2, -0.15) is 0 Å². The summed E-state index contributed by atoms with van der Waals surface area (Å²) in [7, 11) is 0. The van der Waals surface area contributed by atoms with E-state index in [2.05, 4.69) is 30.9 Å². The molecule has 0 N–H and O–H groups in total. The molecule has 0 aliphatic carbocycles. The van der Waals surface area contributed by atoms with Gasteiger partial charge in [0, 0.05) is 10.7 Å². The van der Waals surface area contributed by atoms with Crippen molar-refractivity contribution in [1.29, 1.82) is 0 Å². The molecule has 2 heterocycles. The molecule has 2 aromatic rings. The van der Waals surface area contributed by atoms with Crippen molar-refractivity contribution in [3.63, 3.8) is 0 Å². The summed E-state index contributed by atoms with van der Waals surface area (Å²) in [5.41, 5.74) is 1.42. The zero-order valence-electron chi connectivity index (χ0n) is 6.98. The molecule has 3 nitrogen and oxygen atoms in total. The number of pyridine rings is 1. The Morgan fingerprint density at radius 1 is 1.07 bits per heavy atom. The number of rotatable bonds is 1. The van der Waals surface area contributed by atoms with Crippen LogP contribution in [0.2, 0.25) is 5.15 Å². The van der Waals surface area contributed by atoms with Crippen molar-refractivity contribution in [3.05, 3.63) is 40.3 Å². The average Bonchev–Trinajstić information content (AvgIpc) is 2.19. The fourth-order valence-electron chi connectivity index (χ4n) is 0.993. The number of halogens is 2. The lowest BCUT2D eigenvalue weighted by Gasteiger charge is -1.99. The second-order valence-corrected chi connectivity index (χ2v) is 3.89. The Hall–Kier alpha value is -1.00. The maximum atomic E-state index is 5.72. The standard InChI is InChI=1S/C9H5BrClN3/c10-6-1-2-7(13-3-6)8-4-12-5-9(11)14-8/h1-5H. The summed E-state index contributed by atoms with van der Waals surface area (Å²) in [6.07, 6.45) is 4.82. The van der Waals surface area contributed by atoms with Gasteiger partial charge in [-0.05, 0) is 28.1 Å².